The van der Waals surface area contributed by atoms with Gasteiger partial charge in [0.25, 0.3) is 6.01 Å². The summed E-state index contributed by atoms with van der Waals surface area (Å²) < 4.78 is 54.3. The van der Waals surface area contributed by atoms with E-state index < -0.39 is 17.8 Å². The molecule has 0 amide bonds. The van der Waals surface area contributed by atoms with Gasteiger partial charge in [0, 0.05) is 0 Å². The third-order valence-electron chi connectivity index (χ3n) is 1.72. The molecule has 0 spiro atoms. The minimum atomic E-state index is -4.78. The Morgan fingerprint density at radius 3 is 2.07 bits per heavy atom. The molecule has 82 valence electrons. The van der Waals surface area contributed by atoms with Gasteiger partial charge in [0.15, 0.2) is 0 Å². The first-order valence-electron chi connectivity index (χ1n) is 4.03. The molecule has 15 heavy (non-hydrogen) atoms. The summed E-state index contributed by atoms with van der Waals surface area (Å²) in [4.78, 5) is 0. The highest BCUT2D eigenvalue weighted by molar-refractivity contribution is 5.70. The molecule has 0 atom stereocenters. The molecule has 0 aliphatic heterocycles. The summed E-state index contributed by atoms with van der Waals surface area (Å²) in [5.41, 5.74) is -1.66. The molecule has 5 heteroatoms. The Kier molecular flexibility index (Phi) is 3.34. The number of methoxy groups -OCH3 is 1. The van der Waals surface area contributed by atoms with Crippen LogP contribution in [0.3, 0.4) is 0 Å². The van der Waals surface area contributed by atoms with Crippen molar-refractivity contribution in [3.8, 4) is 0 Å². The molecule has 0 aliphatic carbocycles. The third-order valence-corrected chi connectivity index (χ3v) is 1.72. The quantitative estimate of drug-likeness (QED) is 0.547. The zero-order chi connectivity index (χ0) is 11.5. The van der Waals surface area contributed by atoms with Crippen molar-refractivity contribution >= 4 is 5.57 Å². The van der Waals surface area contributed by atoms with E-state index >= 15 is 0 Å². The molecule has 0 saturated carbocycles. The van der Waals surface area contributed by atoms with Gasteiger partial charge in [-0.25, -0.2) is 0 Å². The first kappa shape index (κ1) is 11.6. The molecule has 0 aromatic heterocycles. The fourth-order valence-electron chi connectivity index (χ4n) is 1.10. The van der Waals surface area contributed by atoms with Crippen LogP contribution in [0.5, 0.6) is 0 Å². The molecule has 0 fully saturated rings. The number of hydrogen-bond acceptors (Lipinski definition) is 1. The predicted octanol–water partition coefficient (Wildman–Crippen LogP) is 3.53. The van der Waals surface area contributed by atoms with Crippen LogP contribution in [0, 0.1) is 0 Å². The molecule has 1 aromatic rings. The second-order valence-electron chi connectivity index (χ2n) is 2.72. The van der Waals surface area contributed by atoms with E-state index in [4.69, 9.17) is 0 Å². The molecule has 0 heterocycles. The van der Waals surface area contributed by atoms with E-state index in [1.54, 1.807) is 6.07 Å². The van der Waals surface area contributed by atoms with E-state index in [9.17, 15) is 17.6 Å². The van der Waals surface area contributed by atoms with Crippen molar-refractivity contribution in [3.63, 3.8) is 0 Å². The number of halogens is 4. The molecule has 0 aliphatic rings. The van der Waals surface area contributed by atoms with E-state index in [0.29, 0.717) is 0 Å². The highest BCUT2D eigenvalue weighted by Crippen LogP contribution is 2.36. The zero-order valence-electron chi connectivity index (χ0n) is 7.81. The summed E-state index contributed by atoms with van der Waals surface area (Å²) >= 11 is 0. The van der Waals surface area contributed by atoms with Crippen molar-refractivity contribution in [2.45, 2.75) is 6.18 Å². The Balaban J connectivity index is 3.27. The minimum absolute atomic E-state index is 0.260. The number of ether oxygens (including phenoxy) is 1. The van der Waals surface area contributed by atoms with Crippen LogP contribution in [0.1, 0.15) is 5.56 Å². The van der Waals surface area contributed by atoms with Gasteiger partial charge in [-0.15, -0.1) is 0 Å². The second-order valence-corrected chi connectivity index (χ2v) is 2.72. The average Bonchev–Trinajstić information content (AvgIpc) is 2.17. The van der Waals surface area contributed by atoms with Gasteiger partial charge in [-0.1, -0.05) is 30.3 Å². The van der Waals surface area contributed by atoms with Crippen molar-refractivity contribution in [1.29, 1.82) is 0 Å². The topological polar surface area (TPSA) is 9.23 Å². The van der Waals surface area contributed by atoms with Crippen LogP contribution < -0.4 is 0 Å². The van der Waals surface area contributed by atoms with Crippen LogP contribution in [0.4, 0.5) is 17.6 Å². The Morgan fingerprint density at radius 1 is 1.13 bits per heavy atom. The standard InChI is InChI=1S/C10H8F4O/c1-15-9(11)8(10(12,13)14)7-5-3-2-4-6-7/h2-6H,1H3/b9-8-. The summed E-state index contributed by atoms with van der Waals surface area (Å²) in [7, 11) is 0.851. The van der Waals surface area contributed by atoms with Crippen LogP contribution in [0.15, 0.2) is 36.3 Å². The van der Waals surface area contributed by atoms with E-state index in [2.05, 4.69) is 4.74 Å². The summed E-state index contributed by atoms with van der Waals surface area (Å²) in [6.07, 6.45) is -4.78. The lowest BCUT2D eigenvalue weighted by Gasteiger charge is -2.12. The lowest BCUT2D eigenvalue weighted by atomic mass is 10.1. The van der Waals surface area contributed by atoms with Gasteiger partial charge in [-0.3, -0.25) is 0 Å². The summed E-state index contributed by atoms with van der Waals surface area (Å²) in [6, 6.07) is 5.03. The number of benzene rings is 1. The average molecular weight is 220 g/mol. The molecule has 0 bridgehead atoms. The fraction of sp³-hybridized carbons (Fsp3) is 0.200. The Bertz CT molecular complexity index is 353. The van der Waals surface area contributed by atoms with Crippen LogP contribution in [0.2, 0.25) is 0 Å². The van der Waals surface area contributed by atoms with Crippen molar-refractivity contribution in [1.82, 2.24) is 0 Å². The molecule has 0 N–H and O–H groups in total. The normalized spacial score (nSPS) is 13.4. The summed E-state index contributed by atoms with van der Waals surface area (Å²) in [6.45, 7) is 0. The van der Waals surface area contributed by atoms with Crippen molar-refractivity contribution in [2.24, 2.45) is 0 Å². The molecule has 1 rings (SSSR count). The monoisotopic (exact) mass is 220 g/mol. The smallest absolute Gasteiger partial charge is 0.422 e. The number of hydrogen-bond donors (Lipinski definition) is 0. The first-order chi connectivity index (χ1) is 6.96. The predicted molar refractivity (Wildman–Crippen MR) is 47.5 cm³/mol. The number of rotatable bonds is 2. The van der Waals surface area contributed by atoms with Gasteiger partial charge in [0.1, 0.15) is 5.57 Å². The van der Waals surface area contributed by atoms with Gasteiger partial charge in [0.2, 0.25) is 0 Å². The van der Waals surface area contributed by atoms with Gasteiger partial charge in [-0.2, -0.15) is 17.6 Å². The Hall–Kier alpha value is -1.52. The summed E-state index contributed by atoms with van der Waals surface area (Å²) in [5.74, 6) is 0. The number of alkyl halides is 3. The van der Waals surface area contributed by atoms with E-state index in [-0.39, 0.29) is 5.56 Å². The zero-order valence-corrected chi connectivity index (χ0v) is 7.81. The van der Waals surface area contributed by atoms with E-state index in [0.717, 1.165) is 7.11 Å². The molecule has 1 aromatic carbocycles. The highest BCUT2D eigenvalue weighted by Gasteiger charge is 2.39. The lowest BCUT2D eigenvalue weighted by molar-refractivity contribution is -0.0726. The number of allylic oxidation sites excluding steroid dienone is 1. The van der Waals surface area contributed by atoms with Crippen molar-refractivity contribution in [3.05, 3.63) is 41.9 Å². The fourth-order valence-corrected chi connectivity index (χ4v) is 1.10. The third kappa shape index (κ3) is 2.71. The highest BCUT2D eigenvalue weighted by atomic mass is 19.4. The van der Waals surface area contributed by atoms with Crippen LogP contribution in [0.25, 0.3) is 5.57 Å². The maximum absolute atomic E-state index is 12.9. The van der Waals surface area contributed by atoms with Gasteiger partial charge in [-0.05, 0) is 5.56 Å². The second kappa shape index (κ2) is 4.33. The van der Waals surface area contributed by atoms with Crippen LogP contribution >= 0.6 is 0 Å². The van der Waals surface area contributed by atoms with E-state index in [1.807, 2.05) is 0 Å². The maximum Gasteiger partial charge on any atom is 0.422 e. The molecular formula is C10H8F4O. The van der Waals surface area contributed by atoms with Gasteiger partial charge < -0.3 is 4.74 Å². The van der Waals surface area contributed by atoms with Crippen molar-refractivity contribution in [2.75, 3.05) is 7.11 Å². The molecule has 0 radical (unpaired) electrons. The molecular weight excluding hydrogens is 212 g/mol. The van der Waals surface area contributed by atoms with E-state index in [1.165, 1.54) is 24.3 Å². The van der Waals surface area contributed by atoms with Crippen molar-refractivity contribution < 1.29 is 22.3 Å². The summed E-state index contributed by atoms with van der Waals surface area (Å²) in [5, 5.41) is 0. The molecule has 1 nitrogen and oxygen atoms in total. The SMILES string of the molecule is CO/C(F)=C(/c1ccccc1)C(F)(F)F. The maximum atomic E-state index is 12.9. The molecule has 0 unspecified atom stereocenters. The Morgan fingerprint density at radius 2 is 1.67 bits per heavy atom. The lowest BCUT2D eigenvalue weighted by Crippen LogP contribution is -2.13. The van der Waals surface area contributed by atoms with Crippen LogP contribution in [-0.2, 0) is 4.74 Å². The molecule has 0 saturated heterocycles. The first-order valence-corrected chi connectivity index (χ1v) is 4.03. The van der Waals surface area contributed by atoms with Crippen LogP contribution in [-0.4, -0.2) is 13.3 Å². The largest absolute Gasteiger partial charge is 0.474 e. The van der Waals surface area contributed by atoms with Gasteiger partial charge >= 0.3 is 6.18 Å². The Labute approximate surface area is 84.0 Å². The minimum Gasteiger partial charge on any atom is -0.474 e. The van der Waals surface area contributed by atoms with Gasteiger partial charge in [0.05, 0.1) is 7.11 Å².